The second-order valence-electron chi connectivity index (χ2n) is 7.76. The molecular weight excluding hydrogens is 552 g/mol. The molecule has 0 unspecified atom stereocenters. The Morgan fingerprint density at radius 2 is 1.53 bits per heavy atom. The molecule has 1 heterocycles. The van der Waals surface area contributed by atoms with E-state index in [2.05, 4.69) is 17.9 Å². The molecule has 13 heteroatoms. The molecule has 0 saturated carbocycles. The topological polar surface area (TPSA) is 164 Å². The number of benzene rings is 2. The Labute approximate surface area is 233 Å². The van der Waals surface area contributed by atoms with Gasteiger partial charge < -0.3 is 25.7 Å². The van der Waals surface area contributed by atoms with Gasteiger partial charge in [0.1, 0.15) is 28.9 Å². The van der Waals surface area contributed by atoms with Crippen molar-refractivity contribution in [3.63, 3.8) is 0 Å². The number of thiol groups is 1. The lowest BCUT2D eigenvalue weighted by Crippen LogP contribution is -2.33. The van der Waals surface area contributed by atoms with Crippen LogP contribution in [0.5, 0.6) is 11.5 Å². The van der Waals surface area contributed by atoms with E-state index in [1.54, 1.807) is 44.2 Å². The van der Waals surface area contributed by atoms with Crippen molar-refractivity contribution in [2.24, 2.45) is 0 Å². The molecule has 2 amide bonds. The minimum atomic E-state index is -1.13. The van der Waals surface area contributed by atoms with Crippen LogP contribution in [0.3, 0.4) is 0 Å². The van der Waals surface area contributed by atoms with Crippen molar-refractivity contribution in [1.82, 2.24) is 10.2 Å². The van der Waals surface area contributed by atoms with Gasteiger partial charge in [-0.3, -0.25) is 24.1 Å². The molecule has 200 valence electrons. The Morgan fingerprint density at radius 1 is 0.974 bits per heavy atom. The third-order valence-corrected chi connectivity index (χ3v) is 7.10. The predicted octanol–water partition coefficient (Wildman–Crippen LogP) is 3.32. The summed E-state index contributed by atoms with van der Waals surface area (Å²) in [5, 5.41) is 38.2. The van der Waals surface area contributed by atoms with Gasteiger partial charge in [-0.25, -0.2) is 0 Å². The van der Waals surface area contributed by atoms with E-state index in [0.29, 0.717) is 27.2 Å². The zero-order valence-electron chi connectivity index (χ0n) is 20.2. The number of allylic oxidation sites excluding steroid dienone is 2. The predicted molar refractivity (Wildman–Crippen MR) is 151 cm³/mol. The first kappa shape index (κ1) is 30.4. The van der Waals surface area contributed by atoms with Gasteiger partial charge in [0.2, 0.25) is 0 Å². The maximum absolute atomic E-state index is 12.2. The number of thioether (sulfide) groups is 1. The maximum Gasteiger partial charge on any atom is 0.323 e. The molecule has 0 aliphatic carbocycles. The first-order valence-corrected chi connectivity index (χ1v) is 12.4. The van der Waals surface area contributed by atoms with E-state index in [0.717, 1.165) is 16.7 Å². The lowest BCUT2D eigenvalue weighted by Gasteiger charge is -2.10. The van der Waals surface area contributed by atoms with Crippen molar-refractivity contribution in [2.45, 2.75) is 13.8 Å². The number of nitrogens with zero attached hydrogens (tertiary/aromatic N) is 1. The minimum absolute atomic E-state index is 0.0823. The van der Waals surface area contributed by atoms with Gasteiger partial charge in [0.25, 0.3) is 11.8 Å². The molecule has 0 bridgehead atoms. The van der Waals surface area contributed by atoms with E-state index in [4.69, 9.17) is 22.4 Å². The molecule has 0 radical (unpaired) electrons. The second kappa shape index (κ2) is 13.7. The van der Waals surface area contributed by atoms with E-state index >= 15 is 0 Å². The van der Waals surface area contributed by atoms with Crippen LogP contribution in [0, 0.1) is 0 Å². The van der Waals surface area contributed by atoms with Crippen LogP contribution in [-0.2, 0) is 19.2 Å². The third kappa shape index (κ3) is 8.36. The normalized spacial score (nSPS) is 14.8. The zero-order valence-corrected chi connectivity index (χ0v) is 22.7. The van der Waals surface area contributed by atoms with Gasteiger partial charge in [0.05, 0.1) is 9.81 Å². The Hall–Kier alpha value is -3.81. The number of aromatic hydroxyl groups is 2. The van der Waals surface area contributed by atoms with Gasteiger partial charge in [-0.1, -0.05) is 48.2 Å². The molecule has 2 aromatic carbocycles. The van der Waals surface area contributed by atoms with Crippen molar-refractivity contribution >= 4 is 75.8 Å². The Balaban J connectivity index is 0.000000269. The summed E-state index contributed by atoms with van der Waals surface area (Å²) in [6.07, 6.45) is 0. The van der Waals surface area contributed by atoms with Crippen molar-refractivity contribution in [3.05, 3.63) is 69.5 Å². The average Bonchev–Trinajstić information content (AvgIpc) is 3.14. The highest BCUT2D eigenvalue weighted by molar-refractivity contribution is 8.26. The number of nitrogens with one attached hydrogen (secondary N) is 1. The largest absolute Gasteiger partial charge is 0.508 e. The molecule has 1 aliphatic rings. The van der Waals surface area contributed by atoms with E-state index in [-0.39, 0.29) is 20.7 Å². The molecule has 1 saturated heterocycles. The van der Waals surface area contributed by atoms with E-state index in [1.165, 1.54) is 18.2 Å². The number of carbonyl (C=O) groups excluding carboxylic acids is 2. The van der Waals surface area contributed by atoms with Gasteiger partial charge in [-0.2, -0.15) is 0 Å². The van der Waals surface area contributed by atoms with Gasteiger partial charge in [0, 0.05) is 0 Å². The molecule has 38 heavy (non-hydrogen) atoms. The smallest absolute Gasteiger partial charge is 0.323 e. The number of thiocarbonyl (C=S) groups is 1. The lowest BCUT2D eigenvalue weighted by atomic mass is 10.1. The number of hydrogen-bond donors (Lipinski definition) is 6. The SMILES string of the molecule is C/C(=C(/S)C(=O)NCC(=O)O)c1cccc(O)c1.C/C(=C1\SC(=S)N(CC(=O)O)C1=O)c1cccc(O)c1. The van der Waals surface area contributed by atoms with E-state index < -0.39 is 36.8 Å². The summed E-state index contributed by atoms with van der Waals surface area (Å²) in [7, 11) is 0. The summed E-state index contributed by atoms with van der Waals surface area (Å²) in [5.74, 6) is -3.04. The number of amides is 2. The number of hydrogen-bond acceptors (Lipinski definition) is 9. The lowest BCUT2D eigenvalue weighted by molar-refractivity contribution is -0.140. The zero-order chi connectivity index (χ0) is 28.6. The Morgan fingerprint density at radius 3 is 2.05 bits per heavy atom. The molecule has 0 atom stereocenters. The Bertz CT molecular complexity index is 1350. The molecule has 1 aliphatic heterocycles. The third-order valence-electron chi connectivity index (χ3n) is 5.01. The molecule has 5 N–H and O–H groups in total. The molecule has 3 rings (SSSR count). The molecule has 0 spiro atoms. The summed E-state index contributed by atoms with van der Waals surface area (Å²) in [6, 6.07) is 12.9. The molecule has 10 nitrogen and oxygen atoms in total. The van der Waals surface area contributed by atoms with Crippen LogP contribution in [0.25, 0.3) is 11.1 Å². The quantitative estimate of drug-likeness (QED) is 0.164. The van der Waals surface area contributed by atoms with Crippen molar-refractivity contribution in [3.8, 4) is 11.5 Å². The fraction of sp³-hybridized carbons (Fsp3) is 0.160. The Kier molecular flexibility index (Phi) is 10.9. The number of carboxylic acids is 2. The summed E-state index contributed by atoms with van der Waals surface area (Å²) in [4.78, 5) is 46.4. The van der Waals surface area contributed by atoms with Crippen molar-refractivity contribution in [2.75, 3.05) is 13.1 Å². The standard InChI is InChI=1S/C13H11NO4S2.C12H13NO4S/c1-7(8-3-2-4-9(15)5-8)11-12(18)14(6-10(16)17)13(19)20-11;1-7(8-3-2-4-9(14)5-8)11(18)12(17)13-6-10(15)16/h2-5,15H,6H2,1H3,(H,16,17);2-5,14,18H,6H2,1H3,(H,13,17)(H,15,16)/b11-7+;11-7-. The fourth-order valence-electron chi connectivity index (χ4n) is 3.06. The fourth-order valence-corrected chi connectivity index (χ4v) is 4.56. The van der Waals surface area contributed by atoms with E-state index in [9.17, 15) is 29.4 Å². The van der Waals surface area contributed by atoms with E-state index in [1.807, 2.05) is 0 Å². The van der Waals surface area contributed by atoms with Crippen molar-refractivity contribution in [1.29, 1.82) is 0 Å². The summed E-state index contributed by atoms with van der Waals surface area (Å²) < 4.78 is 0.229. The van der Waals surface area contributed by atoms with Gasteiger partial charge in [0.15, 0.2) is 0 Å². The number of phenolic OH excluding ortho intramolecular Hbond substituents is 2. The van der Waals surface area contributed by atoms with Gasteiger partial charge >= 0.3 is 11.9 Å². The van der Waals surface area contributed by atoms with Crippen LogP contribution < -0.4 is 5.32 Å². The molecular formula is C25H24N2O8S3. The summed E-state index contributed by atoms with van der Waals surface area (Å²) in [6.45, 7) is 2.50. The molecule has 1 fully saturated rings. The summed E-state index contributed by atoms with van der Waals surface area (Å²) >= 11 is 10.2. The summed E-state index contributed by atoms with van der Waals surface area (Å²) in [5.41, 5.74) is 2.55. The highest BCUT2D eigenvalue weighted by atomic mass is 32.2. The number of rotatable bonds is 7. The van der Waals surface area contributed by atoms with Crippen LogP contribution in [0.4, 0.5) is 0 Å². The highest BCUT2D eigenvalue weighted by Gasteiger charge is 2.34. The van der Waals surface area contributed by atoms with Crippen LogP contribution in [-0.4, -0.2) is 66.5 Å². The number of carbonyl (C=O) groups is 4. The first-order chi connectivity index (χ1) is 17.8. The van der Waals surface area contributed by atoms with Crippen LogP contribution in [0.2, 0.25) is 0 Å². The minimum Gasteiger partial charge on any atom is -0.508 e. The van der Waals surface area contributed by atoms with Crippen molar-refractivity contribution < 1.29 is 39.6 Å². The number of phenols is 2. The van der Waals surface area contributed by atoms with Crippen LogP contribution in [0.1, 0.15) is 25.0 Å². The monoisotopic (exact) mass is 576 g/mol. The first-order valence-electron chi connectivity index (χ1n) is 10.8. The average molecular weight is 577 g/mol. The second-order valence-corrected chi connectivity index (χ2v) is 9.85. The number of aliphatic carboxylic acids is 2. The molecule has 2 aromatic rings. The van der Waals surface area contributed by atoms with Crippen LogP contribution in [0.15, 0.2) is 58.3 Å². The van der Waals surface area contributed by atoms with Crippen LogP contribution >= 0.6 is 36.6 Å². The maximum atomic E-state index is 12.2. The molecule has 0 aromatic heterocycles. The number of carboxylic acid groups (broad SMARTS) is 2. The highest BCUT2D eigenvalue weighted by Crippen LogP contribution is 2.37. The van der Waals surface area contributed by atoms with Gasteiger partial charge in [-0.05, 0) is 60.4 Å². The van der Waals surface area contributed by atoms with Gasteiger partial charge in [-0.15, -0.1) is 12.6 Å².